The lowest BCUT2D eigenvalue weighted by atomic mass is 10.2. The van der Waals surface area contributed by atoms with Crippen molar-refractivity contribution >= 4 is 0 Å². The molecule has 0 spiro atoms. The van der Waals surface area contributed by atoms with Crippen LogP contribution in [0.1, 0.15) is 11.3 Å². The Morgan fingerprint density at radius 1 is 1.53 bits per heavy atom. The number of halogens is 3. The first-order chi connectivity index (χ1) is 6.96. The summed E-state index contributed by atoms with van der Waals surface area (Å²) in [7, 11) is 0. The van der Waals surface area contributed by atoms with Gasteiger partial charge in [0.15, 0.2) is 0 Å². The van der Waals surface area contributed by atoms with Gasteiger partial charge in [0.25, 0.3) is 0 Å². The van der Waals surface area contributed by atoms with Crippen molar-refractivity contribution in [2.45, 2.75) is 13.0 Å². The molecule has 0 aliphatic heterocycles. The van der Waals surface area contributed by atoms with Gasteiger partial charge in [0, 0.05) is 5.56 Å². The number of rotatable bonds is 2. The van der Waals surface area contributed by atoms with E-state index >= 15 is 0 Å². The van der Waals surface area contributed by atoms with E-state index in [2.05, 4.69) is 9.72 Å². The van der Waals surface area contributed by atoms with Crippen LogP contribution < -0.4 is 4.74 Å². The number of aliphatic hydroxyl groups is 1. The molecule has 0 aliphatic rings. The second-order valence-corrected chi connectivity index (χ2v) is 2.50. The van der Waals surface area contributed by atoms with Crippen LogP contribution in [-0.2, 0) is 6.61 Å². The number of aromatic nitrogens is 1. The minimum atomic E-state index is -4.82. The first-order valence-electron chi connectivity index (χ1n) is 3.72. The van der Waals surface area contributed by atoms with E-state index in [1.807, 2.05) is 0 Å². The van der Waals surface area contributed by atoms with Gasteiger partial charge in [-0.1, -0.05) is 0 Å². The summed E-state index contributed by atoms with van der Waals surface area (Å²) < 4.78 is 38.9. The average molecular weight is 218 g/mol. The highest BCUT2D eigenvalue weighted by Crippen LogP contribution is 2.23. The first kappa shape index (κ1) is 11.3. The summed E-state index contributed by atoms with van der Waals surface area (Å²) in [4.78, 5) is 3.41. The van der Waals surface area contributed by atoms with Crippen LogP contribution in [0.4, 0.5) is 13.2 Å². The highest BCUT2D eigenvalue weighted by molar-refractivity contribution is 5.35. The monoisotopic (exact) mass is 218 g/mol. The minimum absolute atomic E-state index is 0.0146. The molecule has 1 rings (SSSR count). The number of nitrogens with zero attached hydrogens (tertiary/aromatic N) is 2. The zero-order valence-corrected chi connectivity index (χ0v) is 7.25. The molecular weight excluding hydrogens is 213 g/mol. The SMILES string of the molecule is N#Cc1ncc(OC(F)(F)F)cc1CO. The van der Waals surface area contributed by atoms with E-state index < -0.39 is 18.7 Å². The molecule has 0 radical (unpaired) electrons. The van der Waals surface area contributed by atoms with Gasteiger partial charge in [0.05, 0.1) is 12.8 Å². The molecule has 0 aromatic carbocycles. The lowest BCUT2D eigenvalue weighted by Gasteiger charge is -2.09. The molecule has 0 saturated carbocycles. The number of hydrogen-bond acceptors (Lipinski definition) is 4. The van der Waals surface area contributed by atoms with E-state index in [1.165, 1.54) is 0 Å². The first-order valence-corrected chi connectivity index (χ1v) is 3.72. The Hall–Kier alpha value is -1.81. The zero-order valence-electron chi connectivity index (χ0n) is 7.25. The molecule has 80 valence electrons. The third kappa shape index (κ3) is 3.11. The molecule has 7 heteroatoms. The van der Waals surface area contributed by atoms with Crippen LogP contribution in [0.3, 0.4) is 0 Å². The summed E-state index contributed by atoms with van der Waals surface area (Å²) in [5, 5.41) is 17.2. The third-order valence-corrected chi connectivity index (χ3v) is 1.45. The molecule has 1 aromatic heterocycles. The van der Waals surface area contributed by atoms with E-state index in [4.69, 9.17) is 10.4 Å². The van der Waals surface area contributed by atoms with Crippen molar-refractivity contribution in [3.8, 4) is 11.8 Å². The quantitative estimate of drug-likeness (QED) is 0.813. The van der Waals surface area contributed by atoms with Crippen LogP contribution in [0.25, 0.3) is 0 Å². The molecule has 0 atom stereocenters. The maximum atomic E-state index is 11.8. The molecule has 0 bridgehead atoms. The Kier molecular flexibility index (Phi) is 3.11. The van der Waals surface area contributed by atoms with E-state index in [9.17, 15) is 13.2 Å². The van der Waals surface area contributed by atoms with Gasteiger partial charge in [-0.05, 0) is 6.07 Å². The fourth-order valence-corrected chi connectivity index (χ4v) is 0.899. The van der Waals surface area contributed by atoms with Crippen molar-refractivity contribution in [3.63, 3.8) is 0 Å². The van der Waals surface area contributed by atoms with Gasteiger partial charge in [-0.3, -0.25) is 0 Å². The molecule has 0 fully saturated rings. The van der Waals surface area contributed by atoms with Gasteiger partial charge in [-0.25, -0.2) is 4.98 Å². The van der Waals surface area contributed by atoms with Gasteiger partial charge in [0.2, 0.25) is 0 Å². The number of ether oxygens (including phenoxy) is 1. The average Bonchev–Trinajstić information content (AvgIpc) is 2.15. The fraction of sp³-hybridized carbons (Fsp3) is 0.250. The van der Waals surface area contributed by atoms with E-state index in [1.54, 1.807) is 6.07 Å². The Bertz CT molecular complexity index is 398. The molecular formula is C8H5F3N2O2. The Labute approximate surface area is 82.5 Å². The van der Waals surface area contributed by atoms with Crippen molar-refractivity contribution in [1.82, 2.24) is 4.98 Å². The topological polar surface area (TPSA) is 66.1 Å². The summed E-state index contributed by atoms with van der Waals surface area (Å²) in [5.41, 5.74) is -0.147. The molecule has 0 saturated heterocycles. The molecule has 0 unspecified atom stereocenters. The largest absolute Gasteiger partial charge is 0.573 e. The lowest BCUT2D eigenvalue weighted by Crippen LogP contribution is -2.17. The van der Waals surface area contributed by atoms with E-state index in [0.29, 0.717) is 0 Å². The summed E-state index contributed by atoms with van der Waals surface area (Å²) in [5.74, 6) is -0.564. The summed E-state index contributed by atoms with van der Waals surface area (Å²) >= 11 is 0. The van der Waals surface area contributed by atoms with Crippen LogP contribution in [0.5, 0.6) is 5.75 Å². The summed E-state index contributed by atoms with van der Waals surface area (Å²) in [6.45, 7) is -0.578. The summed E-state index contributed by atoms with van der Waals surface area (Å²) in [6, 6.07) is 2.54. The van der Waals surface area contributed by atoms with Crippen molar-refractivity contribution < 1.29 is 23.0 Å². The van der Waals surface area contributed by atoms with E-state index in [-0.39, 0.29) is 11.3 Å². The maximum absolute atomic E-state index is 11.8. The molecule has 4 nitrogen and oxygen atoms in total. The van der Waals surface area contributed by atoms with Crippen LogP contribution in [-0.4, -0.2) is 16.5 Å². The van der Waals surface area contributed by atoms with Gasteiger partial charge in [-0.2, -0.15) is 5.26 Å². The molecule has 1 aromatic rings. The van der Waals surface area contributed by atoms with Crippen LogP contribution in [0.2, 0.25) is 0 Å². The van der Waals surface area contributed by atoms with Gasteiger partial charge >= 0.3 is 6.36 Å². The lowest BCUT2D eigenvalue weighted by molar-refractivity contribution is -0.274. The van der Waals surface area contributed by atoms with Crippen molar-refractivity contribution in [2.75, 3.05) is 0 Å². The Morgan fingerprint density at radius 2 is 2.20 bits per heavy atom. The van der Waals surface area contributed by atoms with Crippen molar-refractivity contribution in [1.29, 1.82) is 5.26 Å². The van der Waals surface area contributed by atoms with E-state index in [0.717, 1.165) is 12.3 Å². The minimum Gasteiger partial charge on any atom is -0.404 e. The highest BCUT2D eigenvalue weighted by Gasteiger charge is 2.31. The predicted octanol–water partition coefficient (Wildman–Crippen LogP) is 1.34. The number of aliphatic hydroxyl groups excluding tert-OH is 1. The van der Waals surface area contributed by atoms with Gasteiger partial charge in [0.1, 0.15) is 17.5 Å². The highest BCUT2D eigenvalue weighted by atomic mass is 19.4. The van der Waals surface area contributed by atoms with Crippen LogP contribution >= 0.6 is 0 Å². The molecule has 0 aliphatic carbocycles. The number of nitriles is 1. The fourth-order valence-electron chi connectivity index (χ4n) is 0.899. The molecule has 15 heavy (non-hydrogen) atoms. The standard InChI is InChI=1S/C8H5F3N2O2/c9-8(10,11)15-6-1-5(4-14)7(2-12)13-3-6/h1,3,14H,4H2. The number of hydrogen-bond donors (Lipinski definition) is 1. The second kappa shape index (κ2) is 4.14. The third-order valence-electron chi connectivity index (χ3n) is 1.45. The normalized spacial score (nSPS) is 10.9. The zero-order chi connectivity index (χ0) is 11.5. The number of pyridine rings is 1. The second-order valence-electron chi connectivity index (χ2n) is 2.50. The van der Waals surface area contributed by atoms with Crippen molar-refractivity contribution in [2.24, 2.45) is 0 Å². The van der Waals surface area contributed by atoms with Crippen LogP contribution in [0, 0.1) is 11.3 Å². The maximum Gasteiger partial charge on any atom is 0.573 e. The Morgan fingerprint density at radius 3 is 2.67 bits per heavy atom. The molecule has 1 N–H and O–H groups in total. The van der Waals surface area contributed by atoms with Crippen LogP contribution in [0.15, 0.2) is 12.3 Å². The van der Waals surface area contributed by atoms with Gasteiger partial charge < -0.3 is 9.84 Å². The van der Waals surface area contributed by atoms with Crippen molar-refractivity contribution in [3.05, 3.63) is 23.5 Å². The molecule has 0 amide bonds. The number of alkyl halides is 3. The smallest absolute Gasteiger partial charge is 0.404 e. The Balaban J connectivity index is 3.00. The molecule has 1 heterocycles. The predicted molar refractivity (Wildman–Crippen MR) is 41.6 cm³/mol. The summed E-state index contributed by atoms with van der Waals surface area (Å²) in [6.07, 6.45) is -4.05. The van der Waals surface area contributed by atoms with Gasteiger partial charge in [-0.15, -0.1) is 13.2 Å².